The van der Waals surface area contributed by atoms with Gasteiger partial charge in [0.1, 0.15) is 0 Å². The Labute approximate surface area is 85.8 Å². The standard InChI is InChI=1S/C11H20N2O/c1-5-11(2,3)10(14)8-9-6-7-13(4)12-9/h6-7,10,14H,5,8H2,1-4H3. The summed E-state index contributed by atoms with van der Waals surface area (Å²) in [6.07, 6.45) is 3.20. The van der Waals surface area contributed by atoms with E-state index in [2.05, 4.69) is 25.9 Å². The molecule has 1 aromatic rings. The van der Waals surface area contributed by atoms with Gasteiger partial charge in [0, 0.05) is 19.7 Å². The van der Waals surface area contributed by atoms with Crippen molar-refractivity contribution in [3.8, 4) is 0 Å². The lowest BCUT2D eigenvalue weighted by atomic mass is 9.82. The molecule has 0 aromatic carbocycles. The Morgan fingerprint density at radius 2 is 2.21 bits per heavy atom. The van der Waals surface area contributed by atoms with Crippen molar-refractivity contribution in [1.82, 2.24) is 9.78 Å². The minimum atomic E-state index is -0.317. The summed E-state index contributed by atoms with van der Waals surface area (Å²) in [5.41, 5.74) is 0.930. The summed E-state index contributed by atoms with van der Waals surface area (Å²) < 4.78 is 1.76. The van der Waals surface area contributed by atoms with Crippen LogP contribution in [0.3, 0.4) is 0 Å². The van der Waals surface area contributed by atoms with Gasteiger partial charge in [0.2, 0.25) is 0 Å². The molecule has 1 rings (SSSR count). The number of hydrogen-bond acceptors (Lipinski definition) is 2. The van der Waals surface area contributed by atoms with Gasteiger partial charge in [-0.05, 0) is 17.9 Å². The Morgan fingerprint density at radius 1 is 1.57 bits per heavy atom. The van der Waals surface area contributed by atoms with Crippen molar-refractivity contribution in [2.45, 2.75) is 39.7 Å². The first-order chi connectivity index (χ1) is 6.45. The van der Waals surface area contributed by atoms with E-state index < -0.39 is 0 Å². The Hall–Kier alpha value is -0.830. The topological polar surface area (TPSA) is 38.0 Å². The molecular formula is C11H20N2O. The highest BCUT2D eigenvalue weighted by Gasteiger charge is 2.26. The summed E-state index contributed by atoms with van der Waals surface area (Å²) in [7, 11) is 1.89. The van der Waals surface area contributed by atoms with Crippen LogP contribution < -0.4 is 0 Å². The molecule has 0 aliphatic rings. The van der Waals surface area contributed by atoms with E-state index in [4.69, 9.17) is 0 Å². The van der Waals surface area contributed by atoms with Crippen molar-refractivity contribution < 1.29 is 5.11 Å². The van der Waals surface area contributed by atoms with E-state index in [0.717, 1.165) is 12.1 Å². The first kappa shape index (κ1) is 11.2. The summed E-state index contributed by atoms with van der Waals surface area (Å²) in [5.74, 6) is 0. The predicted molar refractivity (Wildman–Crippen MR) is 57.0 cm³/mol. The highest BCUT2D eigenvalue weighted by atomic mass is 16.3. The van der Waals surface area contributed by atoms with Crippen LogP contribution in [0.15, 0.2) is 12.3 Å². The van der Waals surface area contributed by atoms with Crippen molar-refractivity contribution in [3.63, 3.8) is 0 Å². The average molecular weight is 196 g/mol. The molecule has 1 aromatic heterocycles. The normalized spacial score (nSPS) is 14.4. The van der Waals surface area contributed by atoms with Crippen LogP contribution >= 0.6 is 0 Å². The zero-order valence-corrected chi connectivity index (χ0v) is 9.49. The SMILES string of the molecule is CCC(C)(C)C(O)Cc1ccn(C)n1. The minimum absolute atomic E-state index is 0.0302. The van der Waals surface area contributed by atoms with Crippen molar-refractivity contribution >= 4 is 0 Å². The van der Waals surface area contributed by atoms with E-state index in [9.17, 15) is 5.11 Å². The van der Waals surface area contributed by atoms with Gasteiger partial charge in [-0.1, -0.05) is 20.8 Å². The zero-order chi connectivity index (χ0) is 10.8. The molecule has 0 aliphatic carbocycles. The molecule has 0 spiro atoms. The van der Waals surface area contributed by atoms with E-state index >= 15 is 0 Å². The molecule has 3 heteroatoms. The Kier molecular flexibility index (Phi) is 3.32. The van der Waals surface area contributed by atoms with Gasteiger partial charge in [0.25, 0.3) is 0 Å². The van der Waals surface area contributed by atoms with Crippen LogP contribution in [0.4, 0.5) is 0 Å². The quantitative estimate of drug-likeness (QED) is 0.797. The van der Waals surface area contributed by atoms with Crippen molar-refractivity contribution in [2.75, 3.05) is 0 Å². The average Bonchev–Trinajstić information content (AvgIpc) is 2.51. The first-order valence-corrected chi connectivity index (χ1v) is 5.12. The van der Waals surface area contributed by atoms with Gasteiger partial charge in [0.15, 0.2) is 0 Å². The minimum Gasteiger partial charge on any atom is -0.392 e. The highest BCUT2D eigenvalue weighted by Crippen LogP contribution is 2.26. The summed E-state index contributed by atoms with van der Waals surface area (Å²) in [6.45, 7) is 6.27. The second-order valence-electron chi connectivity index (χ2n) is 4.54. The number of aryl methyl sites for hydroxylation is 1. The van der Waals surface area contributed by atoms with Crippen LogP contribution in [0, 0.1) is 5.41 Å². The Morgan fingerprint density at radius 3 is 2.64 bits per heavy atom. The molecule has 0 amide bonds. The second-order valence-corrected chi connectivity index (χ2v) is 4.54. The molecular weight excluding hydrogens is 176 g/mol. The van der Waals surface area contributed by atoms with E-state index in [-0.39, 0.29) is 11.5 Å². The number of nitrogens with zero attached hydrogens (tertiary/aromatic N) is 2. The smallest absolute Gasteiger partial charge is 0.0650 e. The molecule has 14 heavy (non-hydrogen) atoms. The lowest BCUT2D eigenvalue weighted by molar-refractivity contribution is 0.0471. The van der Waals surface area contributed by atoms with Crippen molar-refractivity contribution in [1.29, 1.82) is 0 Å². The third-order valence-corrected chi connectivity index (χ3v) is 2.98. The maximum atomic E-state index is 9.99. The van der Waals surface area contributed by atoms with Crippen LogP contribution in [0.25, 0.3) is 0 Å². The fourth-order valence-electron chi connectivity index (χ4n) is 1.28. The van der Waals surface area contributed by atoms with Crippen LogP contribution in [-0.2, 0) is 13.5 Å². The van der Waals surface area contributed by atoms with Crippen LogP contribution in [0.5, 0.6) is 0 Å². The maximum absolute atomic E-state index is 9.99. The Bertz CT molecular complexity index is 291. The maximum Gasteiger partial charge on any atom is 0.0650 e. The van der Waals surface area contributed by atoms with Crippen LogP contribution in [0.2, 0.25) is 0 Å². The molecule has 0 radical (unpaired) electrons. The first-order valence-electron chi connectivity index (χ1n) is 5.12. The van der Waals surface area contributed by atoms with E-state index in [0.29, 0.717) is 6.42 Å². The van der Waals surface area contributed by atoms with Gasteiger partial charge in [0.05, 0.1) is 11.8 Å². The molecule has 1 heterocycles. The molecule has 0 aliphatic heterocycles. The molecule has 1 N–H and O–H groups in total. The summed E-state index contributed by atoms with van der Waals surface area (Å²) in [5, 5.41) is 14.2. The monoisotopic (exact) mass is 196 g/mol. The van der Waals surface area contributed by atoms with E-state index in [1.54, 1.807) is 4.68 Å². The molecule has 0 saturated heterocycles. The van der Waals surface area contributed by atoms with Gasteiger partial charge in [-0.2, -0.15) is 5.10 Å². The molecule has 0 saturated carbocycles. The highest BCUT2D eigenvalue weighted by molar-refractivity contribution is 5.01. The Balaban J connectivity index is 2.61. The zero-order valence-electron chi connectivity index (χ0n) is 9.49. The molecule has 1 atom stereocenters. The van der Waals surface area contributed by atoms with Gasteiger partial charge >= 0.3 is 0 Å². The van der Waals surface area contributed by atoms with E-state index in [1.807, 2.05) is 19.3 Å². The summed E-state index contributed by atoms with van der Waals surface area (Å²) in [6, 6.07) is 1.95. The van der Waals surface area contributed by atoms with E-state index in [1.165, 1.54) is 0 Å². The number of aliphatic hydroxyl groups is 1. The molecule has 1 unspecified atom stereocenters. The molecule has 0 fully saturated rings. The van der Waals surface area contributed by atoms with Crippen molar-refractivity contribution in [2.24, 2.45) is 12.5 Å². The lowest BCUT2D eigenvalue weighted by Gasteiger charge is -2.28. The predicted octanol–water partition coefficient (Wildman–Crippen LogP) is 1.76. The largest absolute Gasteiger partial charge is 0.392 e. The van der Waals surface area contributed by atoms with Crippen LogP contribution in [0.1, 0.15) is 32.9 Å². The summed E-state index contributed by atoms with van der Waals surface area (Å²) in [4.78, 5) is 0. The van der Waals surface area contributed by atoms with Crippen LogP contribution in [-0.4, -0.2) is 21.0 Å². The molecule has 80 valence electrons. The lowest BCUT2D eigenvalue weighted by Crippen LogP contribution is -2.30. The van der Waals surface area contributed by atoms with Crippen molar-refractivity contribution in [3.05, 3.63) is 18.0 Å². The number of aliphatic hydroxyl groups excluding tert-OH is 1. The third kappa shape index (κ3) is 2.58. The number of hydrogen-bond donors (Lipinski definition) is 1. The third-order valence-electron chi connectivity index (χ3n) is 2.98. The molecule has 3 nitrogen and oxygen atoms in total. The van der Waals surface area contributed by atoms with Gasteiger partial charge < -0.3 is 5.11 Å². The number of rotatable bonds is 4. The van der Waals surface area contributed by atoms with Gasteiger partial charge in [-0.3, -0.25) is 4.68 Å². The second kappa shape index (κ2) is 4.13. The van der Waals surface area contributed by atoms with Gasteiger partial charge in [-0.25, -0.2) is 0 Å². The van der Waals surface area contributed by atoms with Gasteiger partial charge in [-0.15, -0.1) is 0 Å². The fourth-order valence-corrected chi connectivity index (χ4v) is 1.28. The summed E-state index contributed by atoms with van der Waals surface area (Å²) >= 11 is 0. The molecule has 0 bridgehead atoms. The fraction of sp³-hybridized carbons (Fsp3) is 0.727. The number of aromatic nitrogens is 2.